The number of ether oxygens (including phenoxy) is 2. The molecule has 2 unspecified atom stereocenters. The van der Waals surface area contributed by atoms with Gasteiger partial charge in [0.15, 0.2) is 0 Å². The molecule has 1 N–H and O–H groups in total. The zero-order valence-corrected chi connectivity index (χ0v) is 16.6. The first kappa shape index (κ1) is 19.1. The van der Waals surface area contributed by atoms with Gasteiger partial charge in [0.05, 0.1) is 32.1 Å². The average Bonchev–Trinajstić information content (AvgIpc) is 3.15. The normalized spacial score (nSPS) is 18.6. The van der Waals surface area contributed by atoms with Gasteiger partial charge in [-0.05, 0) is 38.1 Å². The van der Waals surface area contributed by atoms with Crippen molar-refractivity contribution in [3.05, 3.63) is 64.2 Å². The third-order valence-corrected chi connectivity index (χ3v) is 4.85. The van der Waals surface area contributed by atoms with Crippen molar-refractivity contribution in [2.75, 3.05) is 25.6 Å². The molecule has 1 aromatic carbocycles. The monoisotopic (exact) mass is 393 g/mol. The molecule has 150 valence electrons. The van der Waals surface area contributed by atoms with Crippen LogP contribution in [-0.4, -0.2) is 46.1 Å². The minimum absolute atomic E-state index is 0.165. The fraction of sp³-hybridized carbons (Fsp3) is 0.333. The highest BCUT2D eigenvalue weighted by Gasteiger charge is 2.32. The number of benzene rings is 1. The molecule has 29 heavy (non-hydrogen) atoms. The predicted octanol–water partition coefficient (Wildman–Crippen LogP) is 2.38. The van der Waals surface area contributed by atoms with E-state index >= 15 is 0 Å². The van der Waals surface area contributed by atoms with Crippen LogP contribution in [-0.2, 0) is 4.74 Å². The van der Waals surface area contributed by atoms with Crippen molar-refractivity contribution >= 4 is 5.95 Å². The largest absolute Gasteiger partial charge is 0.497 e. The van der Waals surface area contributed by atoms with E-state index in [2.05, 4.69) is 20.4 Å². The SMILES string of the molecule is COc1cccc(-c2ccc(=O)n(C3COCC3Nc3nc(C)cc(C)n3)n2)c1. The molecule has 0 saturated carbocycles. The quantitative estimate of drug-likeness (QED) is 0.712. The lowest BCUT2D eigenvalue weighted by Crippen LogP contribution is -2.37. The van der Waals surface area contributed by atoms with Crippen LogP contribution in [0.5, 0.6) is 5.75 Å². The van der Waals surface area contributed by atoms with Gasteiger partial charge in [0.2, 0.25) is 5.95 Å². The fourth-order valence-corrected chi connectivity index (χ4v) is 3.48. The Labute approximate surface area is 168 Å². The fourth-order valence-electron chi connectivity index (χ4n) is 3.48. The molecule has 2 aromatic heterocycles. The number of methoxy groups -OCH3 is 1. The number of hydrogen-bond acceptors (Lipinski definition) is 7. The van der Waals surface area contributed by atoms with Gasteiger partial charge in [-0.2, -0.15) is 5.10 Å². The second kappa shape index (κ2) is 8.00. The van der Waals surface area contributed by atoms with Gasteiger partial charge in [0.25, 0.3) is 5.56 Å². The Morgan fingerprint density at radius 1 is 1.10 bits per heavy atom. The topological polar surface area (TPSA) is 91.2 Å². The molecule has 4 rings (SSSR count). The molecule has 1 aliphatic rings. The molecule has 3 heterocycles. The third-order valence-electron chi connectivity index (χ3n) is 4.85. The zero-order valence-electron chi connectivity index (χ0n) is 16.6. The number of hydrogen-bond donors (Lipinski definition) is 1. The van der Waals surface area contributed by atoms with E-state index in [1.165, 1.54) is 10.7 Å². The second-order valence-electron chi connectivity index (χ2n) is 7.06. The molecule has 2 atom stereocenters. The van der Waals surface area contributed by atoms with Crippen LogP contribution >= 0.6 is 0 Å². The standard InChI is InChI=1S/C21H23N5O3/c1-13-9-14(2)23-21(22-13)24-18-11-29-12-19(18)26-20(27)8-7-17(25-26)15-5-4-6-16(10-15)28-3/h4-10,18-19H,11-12H2,1-3H3,(H,22,23,24). The third kappa shape index (κ3) is 4.12. The van der Waals surface area contributed by atoms with E-state index in [0.717, 1.165) is 22.7 Å². The van der Waals surface area contributed by atoms with Crippen molar-refractivity contribution in [2.24, 2.45) is 0 Å². The van der Waals surface area contributed by atoms with Crippen molar-refractivity contribution in [3.63, 3.8) is 0 Å². The predicted molar refractivity (Wildman–Crippen MR) is 109 cm³/mol. The Hall–Kier alpha value is -3.26. The highest BCUT2D eigenvalue weighted by molar-refractivity contribution is 5.60. The highest BCUT2D eigenvalue weighted by Crippen LogP contribution is 2.24. The Balaban J connectivity index is 1.65. The van der Waals surface area contributed by atoms with Gasteiger partial charge in [0.1, 0.15) is 11.8 Å². The minimum atomic E-state index is -0.266. The van der Waals surface area contributed by atoms with Crippen molar-refractivity contribution in [3.8, 4) is 17.0 Å². The van der Waals surface area contributed by atoms with Crippen LogP contribution in [0.4, 0.5) is 5.95 Å². The number of nitrogens with one attached hydrogen (secondary N) is 1. The van der Waals surface area contributed by atoms with Crippen molar-refractivity contribution in [2.45, 2.75) is 25.9 Å². The number of aryl methyl sites for hydroxylation is 2. The zero-order chi connectivity index (χ0) is 20.4. The van der Waals surface area contributed by atoms with Gasteiger partial charge in [-0.25, -0.2) is 14.6 Å². The lowest BCUT2D eigenvalue weighted by molar-refractivity contribution is 0.183. The maximum Gasteiger partial charge on any atom is 0.267 e. The van der Waals surface area contributed by atoms with Crippen molar-refractivity contribution in [1.29, 1.82) is 0 Å². The molecule has 8 heteroatoms. The van der Waals surface area contributed by atoms with Crippen LogP contribution in [0.3, 0.4) is 0 Å². The Morgan fingerprint density at radius 3 is 2.66 bits per heavy atom. The van der Waals surface area contributed by atoms with Gasteiger partial charge < -0.3 is 14.8 Å². The summed E-state index contributed by atoms with van der Waals surface area (Å²) in [5.41, 5.74) is 3.15. The van der Waals surface area contributed by atoms with Crippen LogP contribution < -0.4 is 15.6 Å². The lowest BCUT2D eigenvalue weighted by Gasteiger charge is -2.21. The summed E-state index contributed by atoms with van der Waals surface area (Å²) in [5.74, 6) is 1.26. The Morgan fingerprint density at radius 2 is 1.90 bits per heavy atom. The van der Waals surface area contributed by atoms with Gasteiger partial charge in [-0.1, -0.05) is 12.1 Å². The van der Waals surface area contributed by atoms with Gasteiger partial charge in [0, 0.05) is 23.0 Å². The molecule has 1 aliphatic heterocycles. The van der Waals surface area contributed by atoms with Gasteiger partial charge in [-0.3, -0.25) is 4.79 Å². The van der Waals surface area contributed by atoms with E-state index in [-0.39, 0.29) is 17.6 Å². The van der Waals surface area contributed by atoms with Crippen molar-refractivity contribution < 1.29 is 9.47 Å². The molecule has 3 aromatic rings. The van der Waals surface area contributed by atoms with E-state index < -0.39 is 0 Å². The molecule has 0 spiro atoms. The summed E-state index contributed by atoms with van der Waals surface area (Å²) >= 11 is 0. The summed E-state index contributed by atoms with van der Waals surface area (Å²) < 4.78 is 12.4. The van der Waals surface area contributed by atoms with Crippen LogP contribution in [0.1, 0.15) is 17.4 Å². The molecule has 0 radical (unpaired) electrons. The minimum Gasteiger partial charge on any atom is -0.497 e. The summed E-state index contributed by atoms with van der Waals surface area (Å²) in [6, 6.07) is 12.3. The van der Waals surface area contributed by atoms with E-state index in [1.54, 1.807) is 13.2 Å². The first-order chi connectivity index (χ1) is 14.0. The summed E-state index contributed by atoms with van der Waals surface area (Å²) in [4.78, 5) is 21.4. The average molecular weight is 393 g/mol. The van der Waals surface area contributed by atoms with E-state index in [0.29, 0.717) is 24.9 Å². The number of rotatable bonds is 5. The van der Waals surface area contributed by atoms with Gasteiger partial charge >= 0.3 is 0 Å². The smallest absolute Gasteiger partial charge is 0.267 e. The molecular weight excluding hydrogens is 370 g/mol. The Bertz CT molecular complexity index is 1060. The van der Waals surface area contributed by atoms with E-state index in [1.807, 2.05) is 44.2 Å². The summed E-state index contributed by atoms with van der Waals surface area (Å²) in [6.07, 6.45) is 0. The van der Waals surface area contributed by atoms with Crippen LogP contribution in [0, 0.1) is 13.8 Å². The van der Waals surface area contributed by atoms with Gasteiger partial charge in [-0.15, -0.1) is 0 Å². The first-order valence-electron chi connectivity index (χ1n) is 9.44. The highest BCUT2D eigenvalue weighted by atomic mass is 16.5. The van der Waals surface area contributed by atoms with Crippen LogP contribution in [0.2, 0.25) is 0 Å². The van der Waals surface area contributed by atoms with E-state index in [4.69, 9.17) is 9.47 Å². The summed E-state index contributed by atoms with van der Waals surface area (Å²) in [5, 5.41) is 7.92. The maximum absolute atomic E-state index is 12.6. The van der Waals surface area contributed by atoms with Crippen LogP contribution in [0.25, 0.3) is 11.3 Å². The van der Waals surface area contributed by atoms with E-state index in [9.17, 15) is 4.79 Å². The molecule has 1 saturated heterocycles. The first-order valence-corrected chi connectivity index (χ1v) is 9.44. The molecule has 0 amide bonds. The molecule has 8 nitrogen and oxygen atoms in total. The number of anilines is 1. The molecule has 1 fully saturated rings. The second-order valence-corrected chi connectivity index (χ2v) is 7.06. The summed E-state index contributed by atoms with van der Waals surface area (Å²) in [6.45, 7) is 4.67. The van der Waals surface area contributed by atoms with Crippen LogP contribution in [0.15, 0.2) is 47.3 Å². The Kier molecular flexibility index (Phi) is 5.26. The van der Waals surface area contributed by atoms with Crippen molar-refractivity contribution in [1.82, 2.24) is 19.7 Å². The molecule has 0 aliphatic carbocycles. The molecule has 0 bridgehead atoms. The number of nitrogens with zero attached hydrogens (tertiary/aromatic N) is 4. The maximum atomic E-state index is 12.6. The molecular formula is C21H23N5O3. The summed E-state index contributed by atoms with van der Waals surface area (Å²) in [7, 11) is 1.62. The lowest BCUT2D eigenvalue weighted by atomic mass is 10.1. The number of aromatic nitrogens is 4.